The summed E-state index contributed by atoms with van der Waals surface area (Å²) < 4.78 is 13.2. The fourth-order valence-electron chi connectivity index (χ4n) is 1.84. The van der Waals surface area contributed by atoms with Gasteiger partial charge in [0.25, 0.3) is 0 Å². The Labute approximate surface area is 105 Å². The number of halogens is 2. The standard InChI is InChI=1S/C12H15ClFNS/c13-12-9(2-1-3-11(12)14)8-15-10-4-6-16-7-5-10/h1-3,10,15H,4-8H2. The highest BCUT2D eigenvalue weighted by Gasteiger charge is 2.13. The molecule has 0 aromatic heterocycles. The van der Waals surface area contributed by atoms with Gasteiger partial charge < -0.3 is 5.32 Å². The Morgan fingerprint density at radius 1 is 1.38 bits per heavy atom. The lowest BCUT2D eigenvalue weighted by molar-refractivity contribution is 0.481. The Morgan fingerprint density at radius 3 is 2.88 bits per heavy atom. The second-order valence-corrected chi connectivity index (χ2v) is 5.58. The van der Waals surface area contributed by atoms with Crippen LogP contribution in [-0.2, 0) is 6.54 Å². The highest BCUT2D eigenvalue weighted by molar-refractivity contribution is 7.99. The molecule has 1 nitrogen and oxygen atoms in total. The van der Waals surface area contributed by atoms with Crippen LogP contribution < -0.4 is 5.32 Å². The first-order valence-corrected chi connectivity index (χ1v) is 7.04. The van der Waals surface area contributed by atoms with Crippen LogP contribution >= 0.6 is 23.4 Å². The van der Waals surface area contributed by atoms with Gasteiger partial charge in [-0.3, -0.25) is 0 Å². The zero-order valence-corrected chi connectivity index (χ0v) is 10.6. The maximum atomic E-state index is 13.2. The van der Waals surface area contributed by atoms with E-state index in [-0.39, 0.29) is 10.8 Å². The maximum absolute atomic E-state index is 13.2. The summed E-state index contributed by atoms with van der Waals surface area (Å²) in [7, 11) is 0. The average molecular weight is 260 g/mol. The molecule has 0 aliphatic carbocycles. The predicted molar refractivity (Wildman–Crippen MR) is 68.6 cm³/mol. The summed E-state index contributed by atoms with van der Waals surface area (Å²) in [4.78, 5) is 0. The van der Waals surface area contributed by atoms with Crippen molar-refractivity contribution in [2.24, 2.45) is 0 Å². The van der Waals surface area contributed by atoms with E-state index < -0.39 is 0 Å². The largest absolute Gasteiger partial charge is 0.310 e. The van der Waals surface area contributed by atoms with Crippen molar-refractivity contribution in [1.82, 2.24) is 5.32 Å². The molecule has 2 rings (SSSR count). The molecule has 0 spiro atoms. The highest BCUT2D eigenvalue weighted by Crippen LogP contribution is 2.21. The third kappa shape index (κ3) is 3.12. The Balaban J connectivity index is 1.91. The lowest BCUT2D eigenvalue weighted by atomic mass is 10.1. The summed E-state index contributed by atoms with van der Waals surface area (Å²) in [5, 5.41) is 3.69. The molecule has 1 aliphatic heterocycles. The van der Waals surface area contributed by atoms with Crippen LogP contribution in [-0.4, -0.2) is 17.5 Å². The second kappa shape index (κ2) is 5.89. The Hall–Kier alpha value is -0.250. The summed E-state index contributed by atoms with van der Waals surface area (Å²) in [6, 6.07) is 5.52. The zero-order chi connectivity index (χ0) is 11.4. The van der Waals surface area contributed by atoms with Gasteiger partial charge in [0, 0.05) is 12.6 Å². The highest BCUT2D eigenvalue weighted by atomic mass is 35.5. The first kappa shape index (κ1) is 12.2. The topological polar surface area (TPSA) is 12.0 Å². The van der Waals surface area contributed by atoms with Gasteiger partial charge in [-0.25, -0.2) is 4.39 Å². The van der Waals surface area contributed by atoms with Gasteiger partial charge in [0.1, 0.15) is 5.82 Å². The summed E-state index contributed by atoms with van der Waals surface area (Å²) in [6.45, 7) is 0.659. The van der Waals surface area contributed by atoms with E-state index in [1.165, 1.54) is 30.4 Å². The first-order chi connectivity index (χ1) is 7.77. The van der Waals surface area contributed by atoms with Gasteiger partial charge in [-0.2, -0.15) is 11.8 Å². The molecule has 0 bridgehead atoms. The van der Waals surface area contributed by atoms with E-state index in [1.807, 2.05) is 17.8 Å². The van der Waals surface area contributed by atoms with Gasteiger partial charge in [0.2, 0.25) is 0 Å². The maximum Gasteiger partial charge on any atom is 0.142 e. The Morgan fingerprint density at radius 2 is 2.12 bits per heavy atom. The molecule has 1 fully saturated rings. The van der Waals surface area contributed by atoms with Crippen molar-refractivity contribution < 1.29 is 4.39 Å². The predicted octanol–water partition coefficient (Wildman–Crippen LogP) is 3.46. The van der Waals surface area contributed by atoms with Crippen molar-refractivity contribution in [1.29, 1.82) is 0 Å². The van der Waals surface area contributed by atoms with E-state index in [4.69, 9.17) is 11.6 Å². The molecule has 0 unspecified atom stereocenters. The minimum Gasteiger partial charge on any atom is -0.310 e. The molecule has 4 heteroatoms. The SMILES string of the molecule is Fc1cccc(CNC2CCSCC2)c1Cl. The van der Waals surface area contributed by atoms with Crippen molar-refractivity contribution in [3.8, 4) is 0 Å². The van der Waals surface area contributed by atoms with Crippen LogP contribution in [0.25, 0.3) is 0 Å². The molecule has 1 aliphatic rings. The second-order valence-electron chi connectivity index (χ2n) is 3.98. The van der Waals surface area contributed by atoms with Crippen molar-refractivity contribution in [3.05, 3.63) is 34.6 Å². The fraction of sp³-hybridized carbons (Fsp3) is 0.500. The molecule has 1 aromatic rings. The van der Waals surface area contributed by atoms with E-state index in [1.54, 1.807) is 6.07 Å². The molecule has 0 amide bonds. The normalized spacial score (nSPS) is 17.6. The van der Waals surface area contributed by atoms with E-state index in [2.05, 4.69) is 5.32 Å². The van der Waals surface area contributed by atoms with Gasteiger partial charge in [0.15, 0.2) is 0 Å². The molecule has 1 aromatic carbocycles. The van der Waals surface area contributed by atoms with E-state index >= 15 is 0 Å². The monoisotopic (exact) mass is 259 g/mol. The van der Waals surface area contributed by atoms with Gasteiger partial charge in [0.05, 0.1) is 5.02 Å². The zero-order valence-electron chi connectivity index (χ0n) is 9.01. The molecule has 0 radical (unpaired) electrons. The molecular weight excluding hydrogens is 245 g/mol. The number of hydrogen-bond donors (Lipinski definition) is 1. The first-order valence-electron chi connectivity index (χ1n) is 5.51. The minimum atomic E-state index is -0.333. The van der Waals surface area contributed by atoms with Crippen LogP contribution in [0.15, 0.2) is 18.2 Å². The third-order valence-electron chi connectivity index (χ3n) is 2.83. The summed E-state index contributed by atoms with van der Waals surface area (Å²) in [5.74, 6) is 2.10. The smallest absolute Gasteiger partial charge is 0.142 e. The lowest BCUT2D eigenvalue weighted by Gasteiger charge is -2.22. The quantitative estimate of drug-likeness (QED) is 0.892. The number of rotatable bonds is 3. The van der Waals surface area contributed by atoms with Crippen LogP contribution in [0.2, 0.25) is 5.02 Å². The van der Waals surface area contributed by atoms with E-state index in [9.17, 15) is 4.39 Å². The van der Waals surface area contributed by atoms with Gasteiger partial charge in [-0.05, 0) is 36.0 Å². The van der Waals surface area contributed by atoms with Crippen molar-refractivity contribution in [2.75, 3.05) is 11.5 Å². The summed E-state index contributed by atoms with van der Waals surface area (Å²) >= 11 is 7.89. The Kier molecular flexibility index (Phi) is 4.50. The van der Waals surface area contributed by atoms with Crippen LogP contribution in [0.5, 0.6) is 0 Å². The van der Waals surface area contributed by atoms with Crippen LogP contribution in [0.1, 0.15) is 18.4 Å². The minimum absolute atomic E-state index is 0.250. The molecule has 1 heterocycles. The van der Waals surface area contributed by atoms with Gasteiger partial charge in [-0.1, -0.05) is 23.7 Å². The molecule has 1 saturated heterocycles. The summed E-state index contributed by atoms with van der Waals surface area (Å²) in [5.41, 5.74) is 0.847. The average Bonchev–Trinajstić information content (AvgIpc) is 2.32. The molecular formula is C12H15ClFNS. The van der Waals surface area contributed by atoms with Crippen LogP contribution in [0.3, 0.4) is 0 Å². The van der Waals surface area contributed by atoms with Crippen molar-refractivity contribution in [2.45, 2.75) is 25.4 Å². The number of hydrogen-bond acceptors (Lipinski definition) is 2. The molecule has 0 atom stereocenters. The number of benzene rings is 1. The lowest BCUT2D eigenvalue weighted by Crippen LogP contribution is -2.32. The number of nitrogens with one attached hydrogen (secondary N) is 1. The molecule has 88 valence electrons. The van der Waals surface area contributed by atoms with Crippen LogP contribution in [0, 0.1) is 5.82 Å². The van der Waals surface area contributed by atoms with Crippen LogP contribution in [0.4, 0.5) is 4.39 Å². The molecule has 1 N–H and O–H groups in total. The molecule has 16 heavy (non-hydrogen) atoms. The summed E-state index contributed by atoms with van der Waals surface area (Å²) in [6.07, 6.45) is 2.38. The molecule has 0 saturated carbocycles. The fourth-order valence-corrected chi connectivity index (χ4v) is 3.14. The van der Waals surface area contributed by atoms with Crippen molar-refractivity contribution >= 4 is 23.4 Å². The van der Waals surface area contributed by atoms with Gasteiger partial charge in [-0.15, -0.1) is 0 Å². The third-order valence-corrected chi connectivity index (χ3v) is 4.31. The Bertz CT molecular complexity index is 353. The van der Waals surface area contributed by atoms with E-state index in [0.717, 1.165) is 5.56 Å². The van der Waals surface area contributed by atoms with E-state index in [0.29, 0.717) is 12.6 Å². The van der Waals surface area contributed by atoms with Gasteiger partial charge >= 0.3 is 0 Å². The number of thioether (sulfide) groups is 1. The van der Waals surface area contributed by atoms with Crippen molar-refractivity contribution in [3.63, 3.8) is 0 Å².